The molecular formula is C7H20O4P2. The molecule has 0 atom stereocenters. The highest BCUT2D eigenvalue weighted by Gasteiger charge is 2.08. The normalized spacial score (nSPS) is 11.8. The molecule has 0 aromatic heterocycles. The minimum Gasteiger partial charge on any atom is -0.344 e. The smallest absolute Gasteiger partial charge is 0.200 e. The van der Waals surface area contributed by atoms with Gasteiger partial charge in [-0.1, -0.05) is 13.8 Å². The van der Waals surface area contributed by atoms with Gasteiger partial charge in [0, 0.05) is 32.8 Å². The second-order valence-corrected chi connectivity index (χ2v) is 8.74. The van der Waals surface area contributed by atoms with Gasteiger partial charge in [0.25, 0.3) is 0 Å². The molecule has 0 radical (unpaired) electrons. The summed E-state index contributed by atoms with van der Waals surface area (Å²) in [6.07, 6.45) is 0.812. The largest absolute Gasteiger partial charge is 0.344 e. The molecule has 0 aromatic carbocycles. The zero-order valence-corrected chi connectivity index (χ0v) is 10.8. The summed E-state index contributed by atoms with van der Waals surface area (Å²) in [6, 6.07) is 0. The summed E-state index contributed by atoms with van der Waals surface area (Å²) < 4.78 is 25.4. The van der Waals surface area contributed by atoms with Gasteiger partial charge in [0.05, 0.1) is 0 Å². The van der Waals surface area contributed by atoms with Crippen molar-refractivity contribution in [2.75, 3.05) is 32.8 Å². The van der Waals surface area contributed by atoms with Crippen molar-refractivity contribution in [1.29, 1.82) is 0 Å². The SMILES string of the molecule is CCP(=O)(O)CC.COP(C)(C)=O. The summed E-state index contributed by atoms with van der Waals surface area (Å²) in [5.74, 6) is 0. The first kappa shape index (κ1) is 15.8. The molecule has 1 N–H and O–H groups in total. The molecule has 0 unspecified atom stereocenters. The molecular weight excluding hydrogens is 210 g/mol. The average Bonchev–Trinajstić information content (AvgIpc) is 2.04. The van der Waals surface area contributed by atoms with E-state index in [4.69, 9.17) is 4.89 Å². The van der Waals surface area contributed by atoms with Crippen LogP contribution in [-0.4, -0.2) is 37.7 Å². The summed E-state index contributed by atoms with van der Waals surface area (Å²) >= 11 is 0. The first-order chi connectivity index (χ1) is 5.68. The van der Waals surface area contributed by atoms with Crippen LogP contribution in [0.1, 0.15) is 13.8 Å². The number of rotatable bonds is 3. The zero-order chi connectivity index (χ0) is 11.1. The van der Waals surface area contributed by atoms with Crippen LogP contribution in [0.4, 0.5) is 0 Å². The van der Waals surface area contributed by atoms with Crippen molar-refractivity contribution in [2.45, 2.75) is 13.8 Å². The Hall–Kier alpha value is 0.380. The second kappa shape index (κ2) is 6.78. The molecule has 0 aliphatic heterocycles. The average molecular weight is 230 g/mol. The molecule has 6 heteroatoms. The van der Waals surface area contributed by atoms with Crippen molar-refractivity contribution in [2.24, 2.45) is 0 Å². The van der Waals surface area contributed by atoms with Crippen molar-refractivity contribution >= 4 is 14.7 Å². The lowest BCUT2D eigenvalue weighted by Gasteiger charge is -2.01. The highest BCUT2D eigenvalue weighted by Crippen LogP contribution is 2.38. The molecule has 0 fully saturated rings. The van der Waals surface area contributed by atoms with Gasteiger partial charge in [-0.25, -0.2) is 0 Å². The van der Waals surface area contributed by atoms with Crippen molar-refractivity contribution < 1.29 is 18.5 Å². The van der Waals surface area contributed by atoms with Gasteiger partial charge in [0.2, 0.25) is 0 Å². The quantitative estimate of drug-likeness (QED) is 0.756. The third-order valence-corrected chi connectivity index (χ3v) is 4.28. The lowest BCUT2D eigenvalue weighted by atomic mass is 11.0. The molecule has 0 saturated heterocycles. The van der Waals surface area contributed by atoms with Crippen molar-refractivity contribution in [1.82, 2.24) is 0 Å². The highest BCUT2D eigenvalue weighted by molar-refractivity contribution is 7.57. The number of hydrogen-bond donors (Lipinski definition) is 1. The van der Waals surface area contributed by atoms with Gasteiger partial charge < -0.3 is 9.42 Å². The van der Waals surface area contributed by atoms with Crippen molar-refractivity contribution in [3.05, 3.63) is 0 Å². The molecule has 0 spiro atoms. The molecule has 0 rings (SSSR count). The summed E-state index contributed by atoms with van der Waals surface area (Å²) in [4.78, 5) is 8.69. The molecule has 0 aromatic rings. The van der Waals surface area contributed by atoms with Crippen LogP contribution in [0.25, 0.3) is 0 Å². The fourth-order valence-electron chi connectivity index (χ4n) is 0.224. The Morgan fingerprint density at radius 3 is 1.38 bits per heavy atom. The number of hydrogen-bond acceptors (Lipinski definition) is 3. The fraction of sp³-hybridized carbons (Fsp3) is 1.00. The van der Waals surface area contributed by atoms with E-state index in [2.05, 4.69) is 4.52 Å². The highest BCUT2D eigenvalue weighted by atomic mass is 31.2. The Bertz CT molecular complexity index is 201. The van der Waals surface area contributed by atoms with Crippen LogP contribution < -0.4 is 0 Å². The van der Waals surface area contributed by atoms with E-state index in [9.17, 15) is 9.13 Å². The van der Waals surface area contributed by atoms with Crippen LogP contribution in [0.15, 0.2) is 0 Å². The second-order valence-electron chi connectivity index (χ2n) is 2.91. The Morgan fingerprint density at radius 2 is 1.38 bits per heavy atom. The van der Waals surface area contributed by atoms with E-state index in [1.165, 1.54) is 7.11 Å². The Morgan fingerprint density at radius 1 is 1.15 bits per heavy atom. The summed E-state index contributed by atoms with van der Waals surface area (Å²) in [7, 11) is -3.36. The van der Waals surface area contributed by atoms with E-state index < -0.39 is 14.7 Å². The monoisotopic (exact) mass is 230 g/mol. The van der Waals surface area contributed by atoms with Gasteiger partial charge in [0.15, 0.2) is 14.7 Å². The van der Waals surface area contributed by atoms with Crippen LogP contribution in [0.3, 0.4) is 0 Å². The van der Waals surface area contributed by atoms with E-state index in [1.807, 2.05) is 0 Å². The standard InChI is InChI=1S/C4H11O2P.C3H9O2P/c1-3-7(5,6)4-2;1-5-6(2,3)4/h3-4H2,1-2H3,(H,5,6);1-3H3. The van der Waals surface area contributed by atoms with E-state index in [1.54, 1.807) is 27.2 Å². The summed E-state index contributed by atoms with van der Waals surface area (Å²) in [6.45, 7) is 6.61. The lowest BCUT2D eigenvalue weighted by molar-refractivity contribution is 0.404. The van der Waals surface area contributed by atoms with Gasteiger partial charge in [-0.05, 0) is 0 Å². The van der Waals surface area contributed by atoms with Gasteiger partial charge in [-0.2, -0.15) is 0 Å². The van der Waals surface area contributed by atoms with Crippen LogP contribution >= 0.6 is 14.7 Å². The van der Waals surface area contributed by atoms with Crippen LogP contribution in [0.2, 0.25) is 0 Å². The van der Waals surface area contributed by atoms with Gasteiger partial charge in [-0.3, -0.25) is 9.13 Å². The van der Waals surface area contributed by atoms with Crippen molar-refractivity contribution in [3.8, 4) is 0 Å². The maximum atomic E-state index is 10.5. The minimum atomic E-state index is -2.65. The molecule has 0 heterocycles. The molecule has 0 bridgehead atoms. The Labute approximate surface area is 80.6 Å². The molecule has 0 amide bonds. The third kappa shape index (κ3) is 15.2. The van der Waals surface area contributed by atoms with Gasteiger partial charge in [0.1, 0.15) is 0 Å². The van der Waals surface area contributed by atoms with Gasteiger partial charge in [-0.15, -0.1) is 0 Å². The predicted molar refractivity (Wildman–Crippen MR) is 57.4 cm³/mol. The predicted octanol–water partition coefficient (Wildman–Crippen LogP) is 2.47. The summed E-state index contributed by atoms with van der Waals surface area (Å²) in [5, 5.41) is 0. The van der Waals surface area contributed by atoms with Crippen LogP contribution in [0.5, 0.6) is 0 Å². The maximum Gasteiger partial charge on any atom is 0.200 e. The third-order valence-electron chi connectivity index (χ3n) is 1.43. The van der Waals surface area contributed by atoms with E-state index in [0.29, 0.717) is 12.3 Å². The first-order valence-electron chi connectivity index (χ1n) is 4.10. The van der Waals surface area contributed by atoms with Crippen LogP contribution in [0, 0.1) is 0 Å². The zero-order valence-electron chi connectivity index (χ0n) is 8.98. The Balaban J connectivity index is 0. The van der Waals surface area contributed by atoms with E-state index >= 15 is 0 Å². The van der Waals surface area contributed by atoms with E-state index in [-0.39, 0.29) is 0 Å². The molecule has 82 valence electrons. The lowest BCUT2D eigenvalue weighted by Crippen LogP contribution is -1.84. The molecule has 0 aliphatic carbocycles. The van der Waals surface area contributed by atoms with Crippen LogP contribution in [-0.2, 0) is 13.7 Å². The fourth-order valence-corrected chi connectivity index (χ4v) is 0.671. The topological polar surface area (TPSA) is 63.6 Å². The first-order valence-corrected chi connectivity index (χ1v) is 8.65. The van der Waals surface area contributed by atoms with Gasteiger partial charge >= 0.3 is 0 Å². The van der Waals surface area contributed by atoms with Crippen molar-refractivity contribution in [3.63, 3.8) is 0 Å². The molecule has 0 aliphatic rings. The molecule has 13 heavy (non-hydrogen) atoms. The summed E-state index contributed by atoms with van der Waals surface area (Å²) in [5.41, 5.74) is 0. The molecule has 0 saturated carbocycles. The minimum absolute atomic E-state index is 0.406. The molecule has 4 nitrogen and oxygen atoms in total. The maximum absolute atomic E-state index is 10.5. The Kier molecular flexibility index (Phi) is 8.26. The van der Waals surface area contributed by atoms with E-state index in [0.717, 1.165) is 0 Å².